The first kappa shape index (κ1) is 6.51. The lowest BCUT2D eigenvalue weighted by Crippen LogP contribution is -2.34. The smallest absolute Gasteiger partial charge is 0.123 e. The monoisotopic (exact) mass is 130 g/mol. The van der Waals surface area contributed by atoms with E-state index in [1.807, 2.05) is 0 Å². The van der Waals surface area contributed by atoms with Gasteiger partial charge in [-0.1, -0.05) is 0 Å². The predicted octanol–water partition coefficient (Wildman–Crippen LogP) is -1.66. The third-order valence-corrected chi connectivity index (χ3v) is 1.24. The van der Waals surface area contributed by atoms with Crippen LogP contribution in [0.2, 0.25) is 0 Å². The molecule has 1 aliphatic heterocycles. The van der Waals surface area contributed by atoms with Crippen LogP contribution in [0.1, 0.15) is 0 Å². The maximum Gasteiger partial charge on any atom is 0.123 e. The normalized spacial score (nSPS) is 25.6. The SMILES string of the molecule is OCC1=NCC(CO)N1. The highest BCUT2D eigenvalue weighted by Crippen LogP contribution is 1.93. The van der Waals surface area contributed by atoms with E-state index in [9.17, 15) is 0 Å². The summed E-state index contributed by atoms with van der Waals surface area (Å²) in [6, 6.07) is 0.0205. The van der Waals surface area contributed by atoms with Crippen LogP contribution in [0.4, 0.5) is 0 Å². The highest BCUT2D eigenvalue weighted by molar-refractivity contribution is 5.84. The maximum atomic E-state index is 8.56. The van der Waals surface area contributed by atoms with Gasteiger partial charge in [-0.3, -0.25) is 4.99 Å². The van der Waals surface area contributed by atoms with Crippen molar-refractivity contribution in [2.75, 3.05) is 19.8 Å². The number of hydrogen-bond donors (Lipinski definition) is 3. The average Bonchev–Trinajstić information content (AvgIpc) is 2.34. The standard InChI is InChI=1S/C5H10N2O2/c8-2-4-1-6-5(3-9)7-4/h4,8-9H,1-3H2,(H,6,7). The molecule has 4 heteroatoms. The Morgan fingerprint density at radius 3 is 2.78 bits per heavy atom. The fraction of sp³-hybridized carbons (Fsp3) is 0.800. The van der Waals surface area contributed by atoms with Gasteiger partial charge >= 0.3 is 0 Å². The molecule has 1 aliphatic rings. The van der Waals surface area contributed by atoms with Gasteiger partial charge in [0, 0.05) is 0 Å². The van der Waals surface area contributed by atoms with Gasteiger partial charge in [-0.2, -0.15) is 0 Å². The number of rotatable bonds is 2. The Hall–Kier alpha value is -0.610. The first-order valence-corrected chi connectivity index (χ1v) is 2.88. The number of amidine groups is 1. The van der Waals surface area contributed by atoms with Crippen molar-refractivity contribution >= 4 is 5.84 Å². The van der Waals surface area contributed by atoms with Crippen LogP contribution >= 0.6 is 0 Å². The van der Waals surface area contributed by atoms with Crippen LogP contribution in [0.5, 0.6) is 0 Å². The molecule has 0 spiro atoms. The Labute approximate surface area is 53.2 Å². The number of aliphatic hydroxyl groups is 2. The molecule has 0 saturated heterocycles. The highest BCUT2D eigenvalue weighted by Gasteiger charge is 2.14. The van der Waals surface area contributed by atoms with E-state index < -0.39 is 0 Å². The van der Waals surface area contributed by atoms with Crippen molar-refractivity contribution in [3.8, 4) is 0 Å². The van der Waals surface area contributed by atoms with E-state index in [0.717, 1.165) is 0 Å². The average molecular weight is 130 g/mol. The van der Waals surface area contributed by atoms with E-state index in [0.29, 0.717) is 12.4 Å². The van der Waals surface area contributed by atoms with E-state index in [1.54, 1.807) is 0 Å². The molecular weight excluding hydrogens is 120 g/mol. The molecule has 0 radical (unpaired) electrons. The highest BCUT2D eigenvalue weighted by atomic mass is 16.3. The third kappa shape index (κ3) is 1.40. The van der Waals surface area contributed by atoms with Gasteiger partial charge < -0.3 is 15.5 Å². The van der Waals surface area contributed by atoms with Crippen molar-refractivity contribution in [1.29, 1.82) is 0 Å². The van der Waals surface area contributed by atoms with E-state index in [1.165, 1.54) is 0 Å². The molecule has 0 fully saturated rings. The second-order valence-corrected chi connectivity index (χ2v) is 1.97. The van der Waals surface area contributed by atoms with Crippen molar-refractivity contribution in [3.05, 3.63) is 0 Å². The second kappa shape index (κ2) is 2.80. The van der Waals surface area contributed by atoms with Crippen LogP contribution in [-0.4, -0.2) is 41.8 Å². The molecule has 0 aliphatic carbocycles. The van der Waals surface area contributed by atoms with Gasteiger partial charge in [0.25, 0.3) is 0 Å². The predicted molar refractivity (Wildman–Crippen MR) is 33.4 cm³/mol. The zero-order valence-electron chi connectivity index (χ0n) is 5.04. The molecule has 1 unspecified atom stereocenters. The first-order chi connectivity index (χ1) is 4.36. The summed E-state index contributed by atoms with van der Waals surface area (Å²) in [7, 11) is 0. The summed E-state index contributed by atoms with van der Waals surface area (Å²) in [6.07, 6.45) is 0. The lowest BCUT2D eigenvalue weighted by molar-refractivity contribution is 0.262. The van der Waals surface area contributed by atoms with Gasteiger partial charge in [0.15, 0.2) is 0 Å². The molecule has 1 atom stereocenters. The molecule has 0 saturated carbocycles. The molecule has 4 nitrogen and oxygen atoms in total. The Balaban J connectivity index is 2.31. The Kier molecular flexibility index (Phi) is 2.02. The molecule has 0 aromatic carbocycles. The van der Waals surface area contributed by atoms with E-state index in [4.69, 9.17) is 10.2 Å². The van der Waals surface area contributed by atoms with Crippen LogP contribution < -0.4 is 5.32 Å². The van der Waals surface area contributed by atoms with Gasteiger partial charge in [0.2, 0.25) is 0 Å². The largest absolute Gasteiger partial charge is 0.394 e. The molecule has 0 aromatic rings. The molecule has 52 valence electrons. The second-order valence-electron chi connectivity index (χ2n) is 1.97. The molecule has 0 aromatic heterocycles. The van der Waals surface area contributed by atoms with Crippen LogP contribution in [0.3, 0.4) is 0 Å². The molecular formula is C5H10N2O2. The van der Waals surface area contributed by atoms with Gasteiger partial charge in [0.05, 0.1) is 19.2 Å². The van der Waals surface area contributed by atoms with Gasteiger partial charge in [-0.15, -0.1) is 0 Å². The summed E-state index contributed by atoms with van der Waals surface area (Å²) in [4.78, 5) is 3.90. The number of aliphatic imine (C=N–C) groups is 1. The number of nitrogens with one attached hydrogen (secondary N) is 1. The molecule has 0 bridgehead atoms. The Morgan fingerprint density at radius 1 is 1.67 bits per heavy atom. The van der Waals surface area contributed by atoms with E-state index in [-0.39, 0.29) is 19.3 Å². The summed E-state index contributed by atoms with van der Waals surface area (Å²) < 4.78 is 0. The van der Waals surface area contributed by atoms with Crippen LogP contribution in [-0.2, 0) is 0 Å². The van der Waals surface area contributed by atoms with Crippen molar-refractivity contribution < 1.29 is 10.2 Å². The Morgan fingerprint density at radius 2 is 2.44 bits per heavy atom. The van der Waals surface area contributed by atoms with Crippen LogP contribution in [0.25, 0.3) is 0 Å². The molecule has 3 N–H and O–H groups in total. The minimum Gasteiger partial charge on any atom is -0.394 e. The summed E-state index contributed by atoms with van der Waals surface area (Å²) in [5.41, 5.74) is 0. The summed E-state index contributed by atoms with van der Waals surface area (Å²) >= 11 is 0. The van der Waals surface area contributed by atoms with Gasteiger partial charge in [0.1, 0.15) is 12.4 Å². The zero-order chi connectivity index (χ0) is 6.69. The fourth-order valence-electron chi connectivity index (χ4n) is 0.746. The lowest BCUT2D eigenvalue weighted by Gasteiger charge is -2.04. The third-order valence-electron chi connectivity index (χ3n) is 1.24. The molecule has 9 heavy (non-hydrogen) atoms. The minimum atomic E-state index is -0.0590. The maximum absolute atomic E-state index is 8.56. The van der Waals surface area contributed by atoms with E-state index >= 15 is 0 Å². The Bertz CT molecular complexity index is 124. The first-order valence-electron chi connectivity index (χ1n) is 2.88. The zero-order valence-corrected chi connectivity index (χ0v) is 5.04. The molecule has 1 heterocycles. The summed E-state index contributed by atoms with van der Waals surface area (Å²) in [6.45, 7) is 0.593. The number of nitrogens with zero attached hydrogens (tertiary/aromatic N) is 1. The topological polar surface area (TPSA) is 64.9 Å². The number of hydrogen-bond acceptors (Lipinski definition) is 4. The van der Waals surface area contributed by atoms with Crippen molar-refractivity contribution in [3.63, 3.8) is 0 Å². The van der Waals surface area contributed by atoms with Crippen molar-refractivity contribution in [2.24, 2.45) is 4.99 Å². The van der Waals surface area contributed by atoms with Gasteiger partial charge in [-0.05, 0) is 0 Å². The van der Waals surface area contributed by atoms with Crippen LogP contribution in [0, 0.1) is 0 Å². The quantitative estimate of drug-likeness (QED) is 0.419. The van der Waals surface area contributed by atoms with Crippen molar-refractivity contribution in [2.45, 2.75) is 6.04 Å². The summed E-state index contributed by atoms with van der Waals surface area (Å²) in [5, 5.41) is 19.9. The minimum absolute atomic E-state index is 0.0205. The number of aliphatic hydroxyl groups excluding tert-OH is 2. The van der Waals surface area contributed by atoms with E-state index in [2.05, 4.69) is 10.3 Å². The van der Waals surface area contributed by atoms with Crippen molar-refractivity contribution in [1.82, 2.24) is 5.32 Å². The molecule has 0 amide bonds. The molecule has 1 rings (SSSR count). The van der Waals surface area contributed by atoms with Gasteiger partial charge in [-0.25, -0.2) is 0 Å². The fourth-order valence-corrected chi connectivity index (χ4v) is 0.746. The lowest BCUT2D eigenvalue weighted by atomic mass is 10.3. The summed E-state index contributed by atoms with van der Waals surface area (Å²) in [5.74, 6) is 0.578. The van der Waals surface area contributed by atoms with Crippen LogP contribution in [0.15, 0.2) is 4.99 Å².